The largest absolute Gasteiger partial charge is 0.348 e. The molecule has 1 amide bonds. The maximum atomic E-state index is 11.8. The van der Waals surface area contributed by atoms with E-state index in [2.05, 4.69) is 58.8 Å². The van der Waals surface area contributed by atoms with Crippen molar-refractivity contribution < 1.29 is 4.79 Å². The lowest BCUT2D eigenvalue weighted by atomic mass is 9.86. The Morgan fingerprint density at radius 3 is 2.64 bits per heavy atom. The smallest absolute Gasteiger partial charge is 0.268 e. The molecule has 1 fully saturated rings. The number of nitrogens with one attached hydrogen (secondary N) is 1. The monoisotopic (exact) mass is 433 g/mol. The molecule has 2 aliphatic carbocycles. The Morgan fingerprint density at radius 1 is 0.879 bits per heavy atom. The van der Waals surface area contributed by atoms with Crippen molar-refractivity contribution in [2.75, 3.05) is 0 Å². The molecule has 164 valence electrons. The number of carbonyl (C=O) groups is 1. The topological polar surface area (TPSA) is 46.4 Å². The fourth-order valence-electron chi connectivity index (χ4n) is 4.97. The summed E-state index contributed by atoms with van der Waals surface area (Å²) in [6.07, 6.45) is 12.7. The number of carbonyl (C=O) groups excluding carboxylic acids is 1. The van der Waals surface area contributed by atoms with Gasteiger partial charge in [0.2, 0.25) is 0 Å². The van der Waals surface area contributed by atoms with Gasteiger partial charge in [0.05, 0.1) is 11.7 Å². The highest BCUT2D eigenvalue weighted by Gasteiger charge is 2.24. The van der Waals surface area contributed by atoms with E-state index in [9.17, 15) is 4.79 Å². The van der Waals surface area contributed by atoms with Crippen LogP contribution in [0.4, 0.5) is 0 Å². The Kier molecular flexibility index (Phi) is 5.06. The minimum atomic E-state index is 0.00343. The molecule has 0 bridgehead atoms. The molecule has 0 unspecified atom stereocenters. The molecule has 33 heavy (non-hydrogen) atoms. The molecule has 5 aromatic rings. The van der Waals surface area contributed by atoms with Crippen molar-refractivity contribution in [1.82, 2.24) is 14.7 Å². The zero-order valence-electron chi connectivity index (χ0n) is 18.6. The predicted octanol–water partition coefficient (Wildman–Crippen LogP) is 6.10. The summed E-state index contributed by atoms with van der Waals surface area (Å²) in [5.41, 5.74) is 4.80. The Labute approximate surface area is 193 Å². The van der Waals surface area contributed by atoms with Crippen LogP contribution in [-0.4, -0.2) is 21.3 Å². The number of amides is 1. The van der Waals surface area contributed by atoms with Gasteiger partial charge in [-0.15, -0.1) is 0 Å². The second-order valence-corrected chi connectivity index (χ2v) is 9.13. The number of aromatic nitrogens is 2. The average molecular weight is 434 g/mol. The van der Waals surface area contributed by atoms with Crippen LogP contribution >= 0.6 is 0 Å². The number of fused-ring (bicyclic) bond motifs is 6. The van der Waals surface area contributed by atoms with Crippen LogP contribution in [0.3, 0.4) is 0 Å². The summed E-state index contributed by atoms with van der Waals surface area (Å²) in [6, 6.07) is 22.1. The molecule has 4 nitrogen and oxygen atoms in total. The first-order valence-electron chi connectivity index (χ1n) is 11.9. The molecule has 1 N–H and O–H groups in total. The van der Waals surface area contributed by atoms with Crippen LogP contribution in [0.2, 0.25) is 0 Å². The van der Waals surface area contributed by atoms with Crippen molar-refractivity contribution in [3.8, 4) is 0 Å². The minimum absolute atomic E-state index is 0.00343. The van der Waals surface area contributed by atoms with Gasteiger partial charge in [0.1, 0.15) is 5.69 Å². The van der Waals surface area contributed by atoms with Gasteiger partial charge in [-0.05, 0) is 83.3 Å². The number of rotatable bonds is 2. The van der Waals surface area contributed by atoms with E-state index in [-0.39, 0.29) is 5.91 Å². The molecular weight excluding hydrogens is 406 g/mol. The second-order valence-electron chi connectivity index (χ2n) is 9.13. The van der Waals surface area contributed by atoms with E-state index < -0.39 is 0 Å². The van der Waals surface area contributed by atoms with Crippen molar-refractivity contribution in [1.29, 1.82) is 0 Å². The standard InChI is InChI=1S/C18H16.C11H11N3O/c1-3-7-15-13(5-1)9-11-18-16-8-4-2-6-14(16)10-12-17(15)18;15-11(13-8-1-2-8)10-4-3-9-7-12-5-6-14(9)10/h1,3,5,7,9-12H,2,4,6,8H2;3-8H,1-2H2,(H,13,15). The molecule has 0 aliphatic heterocycles. The van der Waals surface area contributed by atoms with Crippen LogP contribution in [0.1, 0.15) is 47.3 Å². The molecule has 4 heteroatoms. The molecular formula is C29H27N3O. The Hall–Kier alpha value is -3.66. The molecule has 3 aromatic carbocycles. The first kappa shape index (κ1) is 20.0. The molecule has 0 radical (unpaired) electrons. The lowest BCUT2D eigenvalue weighted by Crippen LogP contribution is -2.26. The molecule has 2 aromatic heterocycles. The Morgan fingerprint density at radius 2 is 1.73 bits per heavy atom. The number of hydrogen-bond acceptors (Lipinski definition) is 2. The van der Waals surface area contributed by atoms with Gasteiger partial charge < -0.3 is 9.72 Å². The molecule has 0 spiro atoms. The quantitative estimate of drug-likeness (QED) is 0.342. The fraction of sp³-hybridized carbons (Fsp3) is 0.241. The van der Waals surface area contributed by atoms with Gasteiger partial charge in [0, 0.05) is 18.4 Å². The van der Waals surface area contributed by atoms with Crippen molar-refractivity contribution in [2.45, 2.75) is 44.6 Å². The van der Waals surface area contributed by atoms with Crippen LogP contribution in [-0.2, 0) is 12.8 Å². The number of hydrogen-bond donors (Lipinski definition) is 1. The third-order valence-corrected chi connectivity index (χ3v) is 6.86. The summed E-state index contributed by atoms with van der Waals surface area (Å²) in [4.78, 5) is 15.8. The van der Waals surface area contributed by atoms with Gasteiger partial charge in [0.25, 0.3) is 5.91 Å². The normalized spacial score (nSPS) is 15.2. The SMILES string of the molecule is O=C(NC1CC1)c1ccc2cnccn12.c1ccc2c(c1)ccc1c3c(ccc12)CCCC3. The van der Waals surface area contributed by atoms with E-state index >= 15 is 0 Å². The van der Waals surface area contributed by atoms with Crippen LogP contribution in [0.5, 0.6) is 0 Å². The summed E-state index contributed by atoms with van der Waals surface area (Å²) in [5, 5.41) is 8.61. The maximum Gasteiger partial charge on any atom is 0.268 e. The zero-order valence-corrected chi connectivity index (χ0v) is 18.6. The molecule has 1 saturated carbocycles. The molecule has 0 atom stereocenters. The number of nitrogens with zero attached hydrogens (tertiary/aromatic N) is 2. The first-order chi connectivity index (χ1) is 16.3. The van der Waals surface area contributed by atoms with E-state index in [1.807, 2.05) is 16.5 Å². The number of aryl methyl sites for hydroxylation is 2. The molecule has 2 heterocycles. The van der Waals surface area contributed by atoms with Gasteiger partial charge in [-0.1, -0.05) is 48.5 Å². The predicted molar refractivity (Wildman–Crippen MR) is 134 cm³/mol. The van der Waals surface area contributed by atoms with Crippen LogP contribution in [0.15, 0.2) is 79.3 Å². The summed E-state index contributed by atoms with van der Waals surface area (Å²) in [5.74, 6) is 0.00343. The van der Waals surface area contributed by atoms with E-state index in [1.54, 1.807) is 29.7 Å². The maximum absolute atomic E-state index is 11.8. The zero-order chi connectivity index (χ0) is 22.2. The molecule has 2 aliphatic rings. The van der Waals surface area contributed by atoms with E-state index in [0.717, 1.165) is 18.4 Å². The van der Waals surface area contributed by atoms with Gasteiger partial charge in [-0.25, -0.2) is 0 Å². The van der Waals surface area contributed by atoms with Crippen LogP contribution < -0.4 is 5.32 Å². The average Bonchev–Trinajstić information content (AvgIpc) is 3.58. The summed E-state index contributed by atoms with van der Waals surface area (Å²) < 4.78 is 1.85. The highest BCUT2D eigenvalue weighted by atomic mass is 16.2. The fourth-order valence-corrected chi connectivity index (χ4v) is 4.97. The van der Waals surface area contributed by atoms with Gasteiger partial charge in [0.15, 0.2) is 0 Å². The number of benzene rings is 3. The first-order valence-corrected chi connectivity index (χ1v) is 11.9. The highest BCUT2D eigenvalue weighted by molar-refractivity contribution is 6.08. The van der Waals surface area contributed by atoms with E-state index in [0.29, 0.717) is 11.7 Å². The third kappa shape index (κ3) is 3.86. The summed E-state index contributed by atoms with van der Waals surface area (Å²) >= 11 is 0. The van der Waals surface area contributed by atoms with Gasteiger partial charge in [-0.3, -0.25) is 9.78 Å². The lowest BCUT2D eigenvalue weighted by molar-refractivity contribution is 0.0945. The summed E-state index contributed by atoms with van der Waals surface area (Å²) in [7, 11) is 0. The van der Waals surface area contributed by atoms with Crippen LogP contribution in [0.25, 0.3) is 27.1 Å². The van der Waals surface area contributed by atoms with Gasteiger partial charge >= 0.3 is 0 Å². The van der Waals surface area contributed by atoms with E-state index in [1.165, 1.54) is 47.2 Å². The van der Waals surface area contributed by atoms with Crippen molar-refractivity contribution >= 4 is 33.0 Å². The van der Waals surface area contributed by atoms with Crippen molar-refractivity contribution in [3.63, 3.8) is 0 Å². The van der Waals surface area contributed by atoms with E-state index in [4.69, 9.17) is 0 Å². The molecule has 0 saturated heterocycles. The third-order valence-electron chi connectivity index (χ3n) is 6.86. The summed E-state index contributed by atoms with van der Waals surface area (Å²) in [6.45, 7) is 0. The van der Waals surface area contributed by atoms with Crippen molar-refractivity contribution in [3.05, 3.63) is 96.1 Å². The second kappa shape index (κ2) is 8.36. The van der Waals surface area contributed by atoms with Crippen LogP contribution in [0, 0.1) is 0 Å². The Balaban J connectivity index is 0.000000127. The highest BCUT2D eigenvalue weighted by Crippen LogP contribution is 2.33. The minimum Gasteiger partial charge on any atom is -0.348 e. The molecule has 7 rings (SSSR count). The van der Waals surface area contributed by atoms with Gasteiger partial charge in [-0.2, -0.15) is 0 Å². The Bertz CT molecular complexity index is 1480. The van der Waals surface area contributed by atoms with Crippen molar-refractivity contribution in [2.24, 2.45) is 0 Å². The lowest BCUT2D eigenvalue weighted by Gasteiger charge is -2.18.